The van der Waals surface area contributed by atoms with Crippen LogP contribution in [-0.2, 0) is 4.79 Å². The van der Waals surface area contributed by atoms with Crippen LogP contribution in [0.5, 0.6) is 0 Å². The summed E-state index contributed by atoms with van der Waals surface area (Å²) >= 11 is 0. The van der Waals surface area contributed by atoms with Crippen LogP contribution in [0.3, 0.4) is 0 Å². The van der Waals surface area contributed by atoms with Crippen molar-refractivity contribution in [3.8, 4) is 6.07 Å². The van der Waals surface area contributed by atoms with Crippen molar-refractivity contribution in [1.29, 1.82) is 5.26 Å². The van der Waals surface area contributed by atoms with Gasteiger partial charge in [-0.3, -0.25) is 4.79 Å². The van der Waals surface area contributed by atoms with E-state index in [-0.39, 0.29) is 11.5 Å². The summed E-state index contributed by atoms with van der Waals surface area (Å²) in [6.07, 6.45) is 6.34. The number of hydrogen-bond acceptors (Lipinski definition) is 3. The summed E-state index contributed by atoms with van der Waals surface area (Å²) in [5, 5.41) is 15.5. The van der Waals surface area contributed by atoms with E-state index in [1.807, 2.05) is 39.0 Å². The lowest BCUT2D eigenvalue weighted by Gasteiger charge is -2.29. The fourth-order valence-corrected chi connectivity index (χ4v) is 3.46. The fourth-order valence-electron chi connectivity index (χ4n) is 3.46. The monoisotopic (exact) mass is 325 g/mol. The molecule has 24 heavy (non-hydrogen) atoms. The van der Waals surface area contributed by atoms with Gasteiger partial charge in [-0.1, -0.05) is 37.5 Å². The Balaban J connectivity index is 2.09. The summed E-state index contributed by atoms with van der Waals surface area (Å²) in [6.45, 7) is 8.18. The second-order valence-corrected chi connectivity index (χ2v) is 6.93. The van der Waals surface area contributed by atoms with Crippen LogP contribution in [-0.4, -0.2) is 11.9 Å². The van der Waals surface area contributed by atoms with Gasteiger partial charge in [-0.15, -0.1) is 0 Å². The van der Waals surface area contributed by atoms with Crippen LogP contribution in [0.4, 0.5) is 5.69 Å². The van der Waals surface area contributed by atoms with Gasteiger partial charge in [-0.2, -0.15) is 5.26 Å². The Morgan fingerprint density at radius 1 is 1.21 bits per heavy atom. The maximum Gasteiger partial charge on any atom is 0.267 e. The Labute approximate surface area is 144 Å². The number of hydrogen-bond donors (Lipinski definition) is 2. The predicted molar refractivity (Wildman–Crippen MR) is 97.5 cm³/mol. The van der Waals surface area contributed by atoms with Crippen molar-refractivity contribution in [2.45, 2.75) is 59.4 Å². The third-order valence-electron chi connectivity index (χ3n) is 4.83. The number of carbonyl (C=O) groups is 1. The molecule has 0 saturated heterocycles. The van der Waals surface area contributed by atoms with Gasteiger partial charge in [-0.25, -0.2) is 0 Å². The van der Waals surface area contributed by atoms with Crippen molar-refractivity contribution in [1.82, 2.24) is 5.32 Å². The van der Waals surface area contributed by atoms with Gasteiger partial charge >= 0.3 is 0 Å². The molecule has 1 saturated carbocycles. The van der Waals surface area contributed by atoms with Gasteiger partial charge < -0.3 is 10.6 Å². The van der Waals surface area contributed by atoms with E-state index in [0.717, 1.165) is 28.8 Å². The van der Waals surface area contributed by atoms with Gasteiger partial charge in [0.05, 0.1) is 0 Å². The first-order valence-electron chi connectivity index (χ1n) is 8.68. The minimum atomic E-state index is -0.358. The Kier molecular flexibility index (Phi) is 6.03. The second-order valence-electron chi connectivity index (χ2n) is 6.93. The first-order chi connectivity index (χ1) is 11.4. The summed E-state index contributed by atoms with van der Waals surface area (Å²) in [6, 6.07) is 6.41. The molecule has 1 aromatic carbocycles. The van der Waals surface area contributed by atoms with Gasteiger partial charge in [0.1, 0.15) is 11.6 Å². The van der Waals surface area contributed by atoms with Crippen LogP contribution in [0.15, 0.2) is 23.9 Å². The summed E-state index contributed by atoms with van der Waals surface area (Å²) in [4.78, 5) is 12.4. The van der Waals surface area contributed by atoms with Crippen molar-refractivity contribution in [3.05, 3.63) is 40.6 Å². The summed E-state index contributed by atoms with van der Waals surface area (Å²) in [5.74, 6) is 0.211. The van der Waals surface area contributed by atoms with Crippen LogP contribution in [0.2, 0.25) is 0 Å². The molecule has 128 valence electrons. The zero-order valence-corrected chi connectivity index (χ0v) is 15.1. The number of amides is 1. The molecule has 0 bridgehead atoms. The van der Waals surface area contributed by atoms with Gasteiger partial charge in [0.2, 0.25) is 0 Å². The number of nitrogens with one attached hydrogen (secondary N) is 2. The molecule has 0 radical (unpaired) electrons. The standard InChI is InChI=1S/C20H27N3O/c1-13-9-15(3)19(16(4)10-13)23-20(24)17(11-21)12-22-18-8-6-5-7-14(18)2/h9-10,12,14,18,22H,5-8H2,1-4H3,(H,23,24)/b17-12-. The van der Waals surface area contributed by atoms with Gasteiger partial charge in [0, 0.05) is 17.9 Å². The molecule has 1 aliphatic rings. The SMILES string of the molecule is Cc1cc(C)c(NC(=O)/C(C#N)=C\NC2CCCCC2C)c(C)c1. The highest BCUT2D eigenvalue weighted by Gasteiger charge is 2.20. The van der Waals surface area contributed by atoms with E-state index in [1.165, 1.54) is 19.3 Å². The maximum absolute atomic E-state index is 12.4. The van der Waals surface area contributed by atoms with Crippen molar-refractivity contribution in [2.75, 3.05) is 5.32 Å². The largest absolute Gasteiger partial charge is 0.387 e. The van der Waals surface area contributed by atoms with Gasteiger partial charge in [0.15, 0.2) is 0 Å². The number of rotatable bonds is 4. The zero-order chi connectivity index (χ0) is 17.7. The molecule has 1 aliphatic carbocycles. The molecule has 2 rings (SSSR count). The number of anilines is 1. The van der Waals surface area contributed by atoms with Gasteiger partial charge in [0.25, 0.3) is 5.91 Å². The number of nitrogens with zero attached hydrogens (tertiary/aromatic N) is 1. The topological polar surface area (TPSA) is 64.9 Å². The molecule has 1 amide bonds. The van der Waals surface area contributed by atoms with Crippen LogP contribution >= 0.6 is 0 Å². The Morgan fingerprint density at radius 3 is 2.42 bits per heavy atom. The Hall–Kier alpha value is -2.28. The average Bonchev–Trinajstić information content (AvgIpc) is 2.53. The third-order valence-corrected chi connectivity index (χ3v) is 4.83. The highest BCUT2D eigenvalue weighted by Crippen LogP contribution is 2.24. The number of aryl methyl sites for hydroxylation is 3. The van der Waals surface area contributed by atoms with E-state index in [9.17, 15) is 10.1 Å². The smallest absolute Gasteiger partial charge is 0.267 e. The van der Waals surface area contributed by atoms with Crippen molar-refractivity contribution in [2.24, 2.45) is 5.92 Å². The Morgan fingerprint density at radius 2 is 1.83 bits per heavy atom. The first kappa shape index (κ1) is 18.1. The molecule has 0 spiro atoms. The van der Waals surface area contributed by atoms with E-state index in [0.29, 0.717) is 12.0 Å². The fraction of sp³-hybridized carbons (Fsp3) is 0.500. The molecule has 4 heteroatoms. The first-order valence-corrected chi connectivity index (χ1v) is 8.68. The van der Waals surface area contributed by atoms with E-state index in [1.54, 1.807) is 6.20 Å². The van der Waals surface area contributed by atoms with Crippen LogP contribution in [0, 0.1) is 38.0 Å². The summed E-state index contributed by atoms with van der Waals surface area (Å²) in [5.41, 5.74) is 4.08. The van der Waals surface area contributed by atoms with Gasteiger partial charge in [-0.05, 0) is 50.7 Å². The zero-order valence-electron chi connectivity index (χ0n) is 15.1. The highest BCUT2D eigenvalue weighted by molar-refractivity contribution is 6.07. The molecule has 1 fully saturated rings. The number of carbonyl (C=O) groups excluding carboxylic acids is 1. The summed E-state index contributed by atoms with van der Waals surface area (Å²) < 4.78 is 0. The number of benzene rings is 1. The molecule has 0 aromatic heterocycles. The predicted octanol–water partition coefficient (Wildman–Crippen LogP) is 4.13. The summed E-state index contributed by atoms with van der Waals surface area (Å²) in [7, 11) is 0. The lowest BCUT2D eigenvalue weighted by Crippen LogP contribution is -2.34. The van der Waals surface area contributed by atoms with Crippen molar-refractivity contribution in [3.63, 3.8) is 0 Å². The lowest BCUT2D eigenvalue weighted by atomic mass is 9.86. The van der Waals surface area contributed by atoms with Crippen molar-refractivity contribution >= 4 is 11.6 Å². The second kappa shape index (κ2) is 8.01. The molecule has 1 aromatic rings. The molecule has 2 N–H and O–H groups in total. The quantitative estimate of drug-likeness (QED) is 0.646. The molecule has 0 heterocycles. The molecular weight excluding hydrogens is 298 g/mol. The molecule has 2 atom stereocenters. The normalized spacial score (nSPS) is 21.0. The van der Waals surface area contributed by atoms with E-state index in [4.69, 9.17) is 0 Å². The molecule has 4 nitrogen and oxygen atoms in total. The molecular formula is C20H27N3O. The van der Waals surface area contributed by atoms with Crippen LogP contribution in [0.25, 0.3) is 0 Å². The Bertz CT molecular complexity index is 662. The van der Waals surface area contributed by atoms with E-state index in [2.05, 4.69) is 17.6 Å². The molecule has 0 aliphatic heterocycles. The van der Waals surface area contributed by atoms with E-state index >= 15 is 0 Å². The maximum atomic E-state index is 12.4. The number of nitriles is 1. The molecule has 2 unspecified atom stereocenters. The minimum Gasteiger partial charge on any atom is -0.387 e. The average molecular weight is 325 g/mol. The lowest BCUT2D eigenvalue weighted by molar-refractivity contribution is -0.112. The van der Waals surface area contributed by atoms with Crippen LogP contribution < -0.4 is 10.6 Å². The van der Waals surface area contributed by atoms with Crippen LogP contribution in [0.1, 0.15) is 49.3 Å². The van der Waals surface area contributed by atoms with Crippen molar-refractivity contribution < 1.29 is 4.79 Å². The third kappa shape index (κ3) is 4.38. The van der Waals surface area contributed by atoms with E-state index < -0.39 is 0 Å². The highest BCUT2D eigenvalue weighted by atomic mass is 16.1. The minimum absolute atomic E-state index is 0.118.